The second-order valence-electron chi connectivity index (χ2n) is 6.52. The molecule has 0 saturated heterocycles. The van der Waals surface area contributed by atoms with Crippen molar-refractivity contribution in [3.63, 3.8) is 0 Å². The first kappa shape index (κ1) is 15.6. The number of benzene rings is 2. The van der Waals surface area contributed by atoms with Gasteiger partial charge in [0.15, 0.2) is 0 Å². The molecule has 0 aliphatic rings. The lowest BCUT2D eigenvalue weighted by molar-refractivity contribution is 0.283. The smallest absolute Gasteiger partial charge is 0.123 e. The number of nitrogens with two attached hydrogens (primary N) is 1. The topological polar surface area (TPSA) is 35.2 Å². The number of ether oxygens (including phenoxy) is 1. The average molecular weight is 283 g/mol. The molecule has 2 nitrogen and oxygen atoms in total. The van der Waals surface area contributed by atoms with Crippen LogP contribution in [0.3, 0.4) is 0 Å². The number of aryl methyl sites for hydroxylation is 1. The van der Waals surface area contributed by atoms with E-state index in [1.54, 1.807) is 0 Å². The Bertz CT molecular complexity index is 599. The van der Waals surface area contributed by atoms with Gasteiger partial charge in [0, 0.05) is 0 Å². The molecule has 21 heavy (non-hydrogen) atoms. The molecule has 0 radical (unpaired) electrons. The molecule has 0 saturated carbocycles. The first-order valence-electron chi connectivity index (χ1n) is 7.43. The van der Waals surface area contributed by atoms with Crippen LogP contribution in [0.25, 0.3) is 0 Å². The summed E-state index contributed by atoms with van der Waals surface area (Å²) in [5.74, 6) is 0.925. The molecule has 2 rings (SSSR count). The summed E-state index contributed by atoms with van der Waals surface area (Å²) in [5, 5.41) is 0. The summed E-state index contributed by atoms with van der Waals surface area (Å²) in [6.07, 6.45) is 0. The van der Waals surface area contributed by atoms with Crippen molar-refractivity contribution in [1.29, 1.82) is 0 Å². The van der Waals surface area contributed by atoms with Crippen LogP contribution < -0.4 is 10.5 Å². The van der Waals surface area contributed by atoms with Crippen LogP contribution in [-0.4, -0.2) is 6.61 Å². The zero-order valence-electron chi connectivity index (χ0n) is 13.4. The molecule has 2 aromatic carbocycles. The maximum absolute atomic E-state index is 6.28. The van der Waals surface area contributed by atoms with E-state index in [1.165, 1.54) is 11.1 Å². The minimum atomic E-state index is -0.112. The SMILES string of the molecule is Cc1ccccc1C(N)COc1ccccc1C(C)(C)C. The Labute approximate surface area is 127 Å². The monoisotopic (exact) mass is 283 g/mol. The van der Waals surface area contributed by atoms with Crippen molar-refractivity contribution < 1.29 is 4.74 Å². The van der Waals surface area contributed by atoms with Gasteiger partial charge in [-0.1, -0.05) is 63.2 Å². The Hall–Kier alpha value is -1.80. The van der Waals surface area contributed by atoms with Crippen LogP contribution in [0, 0.1) is 6.92 Å². The van der Waals surface area contributed by atoms with Crippen molar-refractivity contribution in [3.8, 4) is 5.75 Å². The predicted octanol–water partition coefficient (Wildman–Crippen LogP) is 4.37. The second kappa shape index (κ2) is 6.31. The lowest BCUT2D eigenvalue weighted by Gasteiger charge is -2.24. The fourth-order valence-corrected chi connectivity index (χ4v) is 2.48. The fourth-order valence-electron chi connectivity index (χ4n) is 2.48. The number of rotatable bonds is 4. The molecule has 0 aromatic heterocycles. The maximum Gasteiger partial charge on any atom is 0.123 e. The quantitative estimate of drug-likeness (QED) is 0.904. The summed E-state index contributed by atoms with van der Waals surface area (Å²) in [7, 11) is 0. The molecular formula is C19H25NO. The van der Waals surface area contributed by atoms with Crippen molar-refractivity contribution >= 4 is 0 Å². The van der Waals surface area contributed by atoms with E-state index in [1.807, 2.05) is 24.3 Å². The summed E-state index contributed by atoms with van der Waals surface area (Å²) in [6.45, 7) is 9.14. The highest BCUT2D eigenvalue weighted by Gasteiger charge is 2.19. The molecule has 2 aromatic rings. The lowest BCUT2D eigenvalue weighted by Crippen LogP contribution is -2.21. The Morgan fingerprint density at radius 2 is 1.62 bits per heavy atom. The van der Waals surface area contributed by atoms with Gasteiger partial charge in [0.2, 0.25) is 0 Å². The predicted molar refractivity (Wildman–Crippen MR) is 88.7 cm³/mol. The van der Waals surface area contributed by atoms with Gasteiger partial charge < -0.3 is 10.5 Å². The first-order chi connectivity index (χ1) is 9.89. The van der Waals surface area contributed by atoms with E-state index in [4.69, 9.17) is 10.5 Å². The summed E-state index contributed by atoms with van der Waals surface area (Å²) in [4.78, 5) is 0. The van der Waals surface area contributed by atoms with Crippen molar-refractivity contribution in [1.82, 2.24) is 0 Å². The highest BCUT2D eigenvalue weighted by molar-refractivity contribution is 5.38. The van der Waals surface area contributed by atoms with Gasteiger partial charge in [-0.25, -0.2) is 0 Å². The van der Waals surface area contributed by atoms with Gasteiger partial charge in [0.05, 0.1) is 6.04 Å². The van der Waals surface area contributed by atoms with E-state index in [0.29, 0.717) is 6.61 Å². The van der Waals surface area contributed by atoms with Crippen LogP contribution in [0.15, 0.2) is 48.5 Å². The fraction of sp³-hybridized carbons (Fsp3) is 0.368. The zero-order valence-corrected chi connectivity index (χ0v) is 13.4. The van der Waals surface area contributed by atoms with E-state index in [0.717, 1.165) is 11.3 Å². The van der Waals surface area contributed by atoms with Gasteiger partial charge in [-0.3, -0.25) is 0 Å². The van der Waals surface area contributed by atoms with Gasteiger partial charge in [-0.05, 0) is 35.1 Å². The average Bonchev–Trinajstić information content (AvgIpc) is 2.44. The summed E-state index contributed by atoms with van der Waals surface area (Å²) >= 11 is 0. The third-order valence-electron chi connectivity index (χ3n) is 3.70. The molecule has 0 heterocycles. The Balaban J connectivity index is 2.12. The molecule has 0 aliphatic heterocycles. The minimum Gasteiger partial charge on any atom is -0.491 e. The molecule has 0 spiro atoms. The van der Waals surface area contributed by atoms with Gasteiger partial charge in [0.1, 0.15) is 12.4 Å². The van der Waals surface area contributed by atoms with E-state index in [-0.39, 0.29) is 11.5 Å². The Morgan fingerprint density at radius 1 is 1.00 bits per heavy atom. The molecule has 0 amide bonds. The van der Waals surface area contributed by atoms with Crippen LogP contribution in [0.2, 0.25) is 0 Å². The van der Waals surface area contributed by atoms with Crippen LogP contribution in [0.1, 0.15) is 43.5 Å². The molecular weight excluding hydrogens is 258 g/mol. The first-order valence-corrected chi connectivity index (χ1v) is 7.43. The van der Waals surface area contributed by atoms with Crippen LogP contribution in [0.5, 0.6) is 5.75 Å². The highest BCUT2D eigenvalue weighted by Crippen LogP contribution is 2.31. The molecule has 0 aliphatic carbocycles. The third kappa shape index (κ3) is 3.85. The van der Waals surface area contributed by atoms with E-state index in [9.17, 15) is 0 Å². The van der Waals surface area contributed by atoms with E-state index >= 15 is 0 Å². The summed E-state index contributed by atoms with van der Waals surface area (Å²) < 4.78 is 6.01. The normalized spacial score (nSPS) is 13.0. The molecule has 1 atom stereocenters. The number of para-hydroxylation sites is 1. The second-order valence-corrected chi connectivity index (χ2v) is 6.52. The molecule has 0 bridgehead atoms. The Morgan fingerprint density at radius 3 is 2.29 bits per heavy atom. The van der Waals surface area contributed by atoms with Crippen LogP contribution in [0.4, 0.5) is 0 Å². The van der Waals surface area contributed by atoms with Gasteiger partial charge in [-0.15, -0.1) is 0 Å². The lowest BCUT2D eigenvalue weighted by atomic mass is 9.86. The molecule has 0 fully saturated rings. The summed E-state index contributed by atoms with van der Waals surface area (Å²) in [5.41, 5.74) is 9.90. The van der Waals surface area contributed by atoms with Crippen LogP contribution >= 0.6 is 0 Å². The van der Waals surface area contributed by atoms with Crippen molar-refractivity contribution in [2.45, 2.75) is 39.2 Å². The van der Waals surface area contributed by atoms with Gasteiger partial charge >= 0.3 is 0 Å². The van der Waals surface area contributed by atoms with Gasteiger partial charge in [-0.2, -0.15) is 0 Å². The van der Waals surface area contributed by atoms with Crippen molar-refractivity contribution in [2.75, 3.05) is 6.61 Å². The standard InChI is InChI=1S/C19H25NO/c1-14-9-5-6-10-15(14)17(20)13-21-18-12-8-7-11-16(18)19(2,3)4/h5-12,17H,13,20H2,1-4H3. The van der Waals surface area contributed by atoms with Gasteiger partial charge in [0.25, 0.3) is 0 Å². The van der Waals surface area contributed by atoms with E-state index in [2.05, 4.69) is 52.0 Å². The Kier molecular flexibility index (Phi) is 4.69. The summed E-state index contributed by atoms with van der Waals surface area (Å²) in [6, 6.07) is 16.3. The minimum absolute atomic E-state index is 0.0589. The van der Waals surface area contributed by atoms with Crippen molar-refractivity contribution in [2.24, 2.45) is 5.73 Å². The molecule has 112 valence electrons. The largest absolute Gasteiger partial charge is 0.491 e. The number of hydrogen-bond donors (Lipinski definition) is 1. The molecule has 2 heteroatoms. The third-order valence-corrected chi connectivity index (χ3v) is 3.70. The van der Waals surface area contributed by atoms with Crippen molar-refractivity contribution in [3.05, 3.63) is 65.2 Å². The highest BCUT2D eigenvalue weighted by atomic mass is 16.5. The molecule has 2 N–H and O–H groups in total. The zero-order chi connectivity index (χ0) is 15.5. The number of hydrogen-bond acceptors (Lipinski definition) is 2. The maximum atomic E-state index is 6.28. The van der Waals surface area contributed by atoms with Crippen LogP contribution in [-0.2, 0) is 5.41 Å². The molecule has 1 unspecified atom stereocenters. The van der Waals surface area contributed by atoms with E-state index < -0.39 is 0 Å².